The van der Waals surface area contributed by atoms with Crippen LogP contribution >= 0.6 is 7.82 Å². The van der Waals surface area contributed by atoms with Crippen molar-refractivity contribution in [1.29, 1.82) is 0 Å². The van der Waals surface area contributed by atoms with Crippen molar-refractivity contribution in [2.75, 3.05) is 40.9 Å². The summed E-state index contributed by atoms with van der Waals surface area (Å²) < 4.78 is 30.3. The summed E-state index contributed by atoms with van der Waals surface area (Å²) >= 11 is 0. The fourth-order valence-corrected chi connectivity index (χ4v) is 9.19. The summed E-state index contributed by atoms with van der Waals surface area (Å²) in [5.74, 6) is -0.613. The smallest absolute Gasteiger partial charge is 0.306 e. The molecule has 0 aliphatic carbocycles. The molecule has 0 aromatic rings. The Bertz CT molecular complexity index is 1620. The fourth-order valence-electron chi connectivity index (χ4n) is 8.47. The van der Waals surface area contributed by atoms with E-state index in [9.17, 15) is 19.0 Å². The SMILES string of the molecule is CC/C=C\C/C=C\C/C=C\C/C=C\C/C=C\CCCC(=O)OC(/C=C\CCCCCCCCCCCC)C(COP(=O)([O-])OCC[N+](C)(C)C)NC(=O)CCCCCCCCCCCCC/C=C\C/C=C\CCCCC. The molecule has 0 spiro atoms. The Labute approximate surface area is 468 Å². The van der Waals surface area contributed by atoms with E-state index in [4.69, 9.17) is 13.8 Å². The summed E-state index contributed by atoms with van der Waals surface area (Å²) in [6, 6.07) is -0.917. The second kappa shape index (κ2) is 55.3. The third-order valence-corrected chi connectivity index (χ3v) is 14.2. The van der Waals surface area contributed by atoms with Gasteiger partial charge in [0.2, 0.25) is 5.91 Å². The van der Waals surface area contributed by atoms with E-state index in [-0.39, 0.29) is 18.9 Å². The van der Waals surface area contributed by atoms with Gasteiger partial charge in [0.05, 0.1) is 33.8 Å². The minimum Gasteiger partial charge on any atom is -0.756 e. The molecule has 438 valence electrons. The number of phosphoric acid groups is 1. The molecule has 0 saturated heterocycles. The Hall–Kier alpha value is -3.07. The van der Waals surface area contributed by atoms with Crippen LogP contribution in [0.5, 0.6) is 0 Å². The molecular formula is C66H117N2O7P. The first kappa shape index (κ1) is 72.9. The van der Waals surface area contributed by atoms with Crippen molar-refractivity contribution in [1.82, 2.24) is 5.32 Å². The average molecular weight is 1080 g/mol. The number of hydrogen-bond acceptors (Lipinski definition) is 7. The lowest BCUT2D eigenvalue weighted by Gasteiger charge is -2.30. The van der Waals surface area contributed by atoms with Crippen LogP contribution in [-0.2, 0) is 27.9 Å². The van der Waals surface area contributed by atoms with Gasteiger partial charge in [-0.05, 0) is 102 Å². The largest absolute Gasteiger partial charge is 0.756 e. The molecule has 0 aromatic heterocycles. The van der Waals surface area contributed by atoms with E-state index in [1.54, 1.807) is 0 Å². The van der Waals surface area contributed by atoms with Crippen molar-refractivity contribution in [3.05, 3.63) is 97.2 Å². The number of nitrogens with one attached hydrogen (secondary N) is 1. The lowest BCUT2D eigenvalue weighted by Crippen LogP contribution is -2.47. The van der Waals surface area contributed by atoms with E-state index in [2.05, 4.69) is 111 Å². The maximum absolute atomic E-state index is 13.5. The van der Waals surface area contributed by atoms with Gasteiger partial charge in [-0.1, -0.05) is 240 Å². The lowest BCUT2D eigenvalue weighted by atomic mass is 10.0. The molecule has 0 heterocycles. The summed E-state index contributed by atoms with van der Waals surface area (Å²) in [5.41, 5.74) is 0. The van der Waals surface area contributed by atoms with Crippen molar-refractivity contribution in [3.63, 3.8) is 0 Å². The van der Waals surface area contributed by atoms with Crippen molar-refractivity contribution in [2.24, 2.45) is 0 Å². The zero-order valence-corrected chi connectivity index (χ0v) is 50.8. The highest BCUT2D eigenvalue weighted by atomic mass is 31.2. The van der Waals surface area contributed by atoms with Crippen LogP contribution in [0.25, 0.3) is 0 Å². The predicted octanol–water partition coefficient (Wildman–Crippen LogP) is 18.5. The first-order valence-electron chi connectivity index (χ1n) is 31.0. The number of hydrogen-bond donors (Lipinski definition) is 1. The van der Waals surface area contributed by atoms with Crippen LogP contribution in [0.2, 0.25) is 0 Å². The molecule has 0 radical (unpaired) electrons. The van der Waals surface area contributed by atoms with Gasteiger partial charge in [-0.2, -0.15) is 0 Å². The number of amides is 1. The van der Waals surface area contributed by atoms with Gasteiger partial charge in [0.1, 0.15) is 19.3 Å². The molecule has 10 heteroatoms. The first-order valence-corrected chi connectivity index (χ1v) is 32.5. The van der Waals surface area contributed by atoms with Crippen LogP contribution < -0.4 is 10.2 Å². The molecular weight excluding hydrogens is 964 g/mol. The van der Waals surface area contributed by atoms with E-state index >= 15 is 0 Å². The van der Waals surface area contributed by atoms with Crippen LogP contribution in [0.15, 0.2) is 97.2 Å². The molecule has 0 saturated carbocycles. The second-order valence-corrected chi connectivity index (χ2v) is 23.2. The van der Waals surface area contributed by atoms with Crippen LogP contribution in [0.4, 0.5) is 0 Å². The van der Waals surface area contributed by atoms with Gasteiger partial charge < -0.3 is 28.5 Å². The van der Waals surface area contributed by atoms with Crippen molar-refractivity contribution in [2.45, 2.75) is 270 Å². The van der Waals surface area contributed by atoms with E-state index in [0.717, 1.165) is 89.9 Å². The molecule has 3 atom stereocenters. The maximum atomic E-state index is 13.5. The van der Waals surface area contributed by atoms with E-state index in [1.165, 1.54) is 128 Å². The van der Waals surface area contributed by atoms with Crippen molar-refractivity contribution < 1.29 is 37.3 Å². The molecule has 0 bridgehead atoms. The van der Waals surface area contributed by atoms with Crippen LogP contribution in [0.3, 0.4) is 0 Å². The molecule has 3 unspecified atom stereocenters. The number of nitrogens with zero attached hydrogens (tertiary/aromatic N) is 1. The highest BCUT2D eigenvalue weighted by Crippen LogP contribution is 2.38. The third kappa shape index (κ3) is 55.7. The average Bonchev–Trinajstić information content (AvgIpc) is 3.38. The summed E-state index contributed by atoms with van der Waals surface area (Å²) in [4.78, 5) is 40.0. The molecule has 0 aliphatic heterocycles. The number of likely N-dealkylation sites (N-methyl/N-ethyl adjacent to an activating group) is 1. The molecule has 1 amide bonds. The number of rotatable bonds is 55. The molecule has 0 rings (SSSR count). The number of quaternary nitrogens is 1. The van der Waals surface area contributed by atoms with Crippen LogP contribution in [0, 0.1) is 0 Å². The van der Waals surface area contributed by atoms with Crippen molar-refractivity contribution >= 4 is 19.7 Å². The minimum atomic E-state index is -4.72. The van der Waals surface area contributed by atoms with Gasteiger partial charge >= 0.3 is 5.97 Å². The quantitative estimate of drug-likeness (QED) is 0.0212. The highest BCUT2D eigenvalue weighted by molar-refractivity contribution is 7.45. The second-order valence-electron chi connectivity index (χ2n) is 21.8. The maximum Gasteiger partial charge on any atom is 0.306 e. The number of allylic oxidation sites excluding steroid dienone is 15. The number of unbranched alkanes of at least 4 members (excludes halogenated alkanes) is 25. The molecule has 76 heavy (non-hydrogen) atoms. The van der Waals surface area contributed by atoms with E-state index in [0.29, 0.717) is 23.9 Å². The fraction of sp³-hybridized carbons (Fsp3) is 0.727. The Morgan fingerprint density at radius 1 is 0.474 bits per heavy atom. The van der Waals surface area contributed by atoms with E-state index < -0.39 is 32.5 Å². The normalized spacial score (nSPS) is 14.4. The predicted molar refractivity (Wildman–Crippen MR) is 325 cm³/mol. The lowest BCUT2D eigenvalue weighted by molar-refractivity contribution is -0.870. The van der Waals surface area contributed by atoms with Gasteiger partial charge in [0.15, 0.2) is 0 Å². The Kier molecular flexibility index (Phi) is 53.0. The Morgan fingerprint density at radius 2 is 0.855 bits per heavy atom. The number of ether oxygens (including phenoxy) is 1. The number of phosphoric ester groups is 1. The summed E-state index contributed by atoms with van der Waals surface area (Å²) in [7, 11) is 1.14. The summed E-state index contributed by atoms with van der Waals surface area (Å²) in [5, 5.41) is 3.01. The molecule has 0 aromatic carbocycles. The Balaban J connectivity index is 5.32. The molecule has 9 nitrogen and oxygen atoms in total. The number of carbonyl (C=O) groups excluding carboxylic acids is 2. The van der Waals surface area contributed by atoms with Crippen LogP contribution in [0.1, 0.15) is 258 Å². The zero-order valence-electron chi connectivity index (χ0n) is 49.9. The van der Waals surface area contributed by atoms with E-state index in [1.807, 2.05) is 33.3 Å². The number of carbonyl (C=O) groups is 2. The third-order valence-electron chi connectivity index (χ3n) is 13.2. The highest BCUT2D eigenvalue weighted by Gasteiger charge is 2.27. The van der Waals surface area contributed by atoms with Gasteiger partial charge in [-0.3, -0.25) is 14.2 Å². The van der Waals surface area contributed by atoms with Crippen molar-refractivity contribution in [3.8, 4) is 0 Å². The monoisotopic (exact) mass is 1080 g/mol. The summed E-state index contributed by atoms with van der Waals surface area (Å²) in [6.07, 6.45) is 73.8. The number of esters is 1. The molecule has 1 N–H and O–H groups in total. The van der Waals surface area contributed by atoms with Gasteiger partial charge in [-0.15, -0.1) is 0 Å². The van der Waals surface area contributed by atoms with Gasteiger partial charge in [0.25, 0.3) is 7.82 Å². The minimum absolute atomic E-state index is 0.0354. The standard InChI is InChI=1S/C66H117N2O7P/c1-7-10-13-16-19-22-25-28-30-32-33-34-35-37-38-40-43-46-49-52-55-58-65(69)67-63(62-74-76(71,72)73-61-60-68(4,5)6)64(57-54-51-48-45-42-27-24-21-18-15-12-9-3)75-66(70)59-56-53-50-47-44-41-39-36-31-29-26-23-20-17-14-11-8-2/h11,14,19-20,22-23,28-31,39,41,47,50,54,57,63-64H,7-10,12-13,15-18,21,24-27,32-38,40,42-46,48-49,51-53,55-56,58-62H2,1-6H3,(H-,67,69,71,72)/b14-11-,22-19-,23-20-,30-28-,31-29-,41-39-,50-47-,57-54-. The molecule has 0 aliphatic rings. The van der Waals surface area contributed by atoms with Crippen LogP contribution in [-0.4, -0.2) is 69.4 Å². The topological polar surface area (TPSA) is 114 Å². The zero-order chi connectivity index (χ0) is 55.7. The first-order chi connectivity index (χ1) is 36.9. The Morgan fingerprint density at radius 3 is 1.32 bits per heavy atom. The van der Waals surface area contributed by atoms with Gasteiger partial charge in [0, 0.05) is 12.8 Å². The molecule has 0 fully saturated rings. The summed E-state index contributed by atoms with van der Waals surface area (Å²) in [6.45, 7) is 6.66. The van der Waals surface area contributed by atoms with Gasteiger partial charge in [-0.25, -0.2) is 0 Å².